The number of hydrogen-bond acceptors (Lipinski definition) is 3. The third-order valence-corrected chi connectivity index (χ3v) is 3.16. The minimum absolute atomic E-state index is 0.0856. The van der Waals surface area contributed by atoms with Crippen molar-refractivity contribution in [1.29, 1.82) is 0 Å². The zero-order chi connectivity index (χ0) is 16.0. The van der Waals surface area contributed by atoms with Gasteiger partial charge in [0, 0.05) is 19.5 Å². The Balaban J connectivity index is 4.35. The summed E-state index contributed by atoms with van der Waals surface area (Å²) in [7, 11) is 0. The molecular weight excluding hydrogens is 277 g/mol. The van der Waals surface area contributed by atoms with E-state index in [2.05, 4.69) is 0 Å². The third-order valence-electron chi connectivity index (χ3n) is 3.16. The van der Waals surface area contributed by atoms with Crippen LogP contribution in [0.15, 0.2) is 0 Å². The highest BCUT2D eigenvalue weighted by atomic mass is 19.4. The third kappa shape index (κ3) is 4.66. The fraction of sp³-hybridized carbons (Fsp3) is 0.833. The van der Waals surface area contributed by atoms with Gasteiger partial charge < -0.3 is 10.0 Å². The lowest BCUT2D eigenvalue weighted by atomic mass is 10.0. The van der Waals surface area contributed by atoms with Crippen molar-refractivity contribution in [3.05, 3.63) is 0 Å². The van der Waals surface area contributed by atoms with Crippen LogP contribution in [0.3, 0.4) is 0 Å². The van der Waals surface area contributed by atoms with E-state index in [4.69, 9.17) is 5.11 Å². The van der Waals surface area contributed by atoms with Gasteiger partial charge in [-0.2, -0.15) is 13.2 Å². The van der Waals surface area contributed by atoms with Crippen LogP contribution in [0.4, 0.5) is 13.2 Å². The zero-order valence-corrected chi connectivity index (χ0v) is 11.9. The molecule has 0 rings (SSSR count). The molecule has 0 saturated carbocycles. The lowest BCUT2D eigenvalue weighted by Crippen LogP contribution is -2.60. The minimum atomic E-state index is -4.90. The monoisotopic (exact) mass is 298 g/mol. The lowest BCUT2D eigenvalue weighted by molar-refractivity contribution is -0.205. The van der Waals surface area contributed by atoms with Gasteiger partial charge in [-0.3, -0.25) is 10.1 Å². The molecule has 0 aliphatic heterocycles. The maximum Gasteiger partial charge on any atom is 0.417 e. The largest absolute Gasteiger partial charge is 0.480 e. The molecule has 1 unspecified atom stereocenters. The van der Waals surface area contributed by atoms with Crippen molar-refractivity contribution in [3.8, 4) is 0 Å². The summed E-state index contributed by atoms with van der Waals surface area (Å²) < 4.78 is 38.0. The van der Waals surface area contributed by atoms with Crippen molar-refractivity contribution in [2.75, 3.05) is 19.6 Å². The van der Waals surface area contributed by atoms with E-state index in [-0.39, 0.29) is 25.3 Å². The first-order chi connectivity index (χ1) is 9.10. The fourth-order valence-corrected chi connectivity index (χ4v) is 1.61. The van der Waals surface area contributed by atoms with E-state index in [0.717, 1.165) is 0 Å². The average Bonchev–Trinajstić information content (AvgIpc) is 2.34. The first-order valence-electron chi connectivity index (χ1n) is 6.43. The van der Waals surface area contributed by atoms with Crippen LogP contribution in [0.5, 0.6) is 0 Å². The number of halogens is 3. The Kier molecular flexibility index (Phi) is 6.98. The average molecular weight is 298 g/mol. The van der Waals surface area contributed by atoms with E-state index >= 15 is 0 Å². The quantitative estimate of drug-likeness (QED) is 0.668. The van der Waals surface area contributed by atoms with Crippen LogP contribution in [0.25, 0.3) is 0 Å². The van der Waals surface area contributed by atoms with Crippen molar-refractivity contribution < 1.29 is 27.9 Å². The molecular formula is C12H21F3N2O3. The van der Waals surface area contributed by atoms with Crippen LogP contribution in [-0.4, -0.2) is 53.2 Å². The summed E-state index contributed by atoms with van der Waals surface area (Å²) in [5.41, 5.74) is -2.99. The molecule has 0 aromatic heterocycles. The van der Waals surface area contributed by atoms with Crippen molar-refractivity contribution in [1.82, 2.24) is 10.2 Å². The second-order valence-electron chi connectivity index (χ2n) is 4.52. The molecule has 0 aliphatic carbocycles. The van der Waals surface area contributed by atoms with Crippen molar-refractivity contribution in [3.63, 3.8) is 0 Å². The summed E-state index contributed by atoms with van der Waals surface area (Å²) in [6.45, 7) is 5.07. The van der Waals surface area contributed by atoms with Gasteiger partial charge in [-0.15, -0.1) is 0 Å². The number of nitrogens with one attached hydrogen (secondary N) is 1. The highest BCUT2D eigenvalue weighted by molar-refractivity contribution is 5.79. The highest BCUT2D eigenvalue weighted by Gasteiger charge is 2.56. The smallest absolute Gasteiger partial charge is 0.417 e. The molecule has 20 heavy (non-hydrogen) atoms. The molecule has 118 valence electrons. The first-order valence-corrected chi connectivity index (χ1v) is 6.43. The molecule has 0 saturated heterocycles. The second-order valence-corrected chi connectivity index (χ2v) is 4.52. The predicted octanol–water partition coefficient (Wildman–Crippen LogP) is 1.63. The van der Waals surface area contributed by atoms with Gasteiger partial charge in [-0.1, -0.05) is 0 Å². The maximum absolute atomic E-state index is 12.7. The number of carbonyl (C=O) groups excluding carboxylic acids is 1. The Hall–Kier alpha value is -1.31. The second kappa shape index (κ2) is 7.47. The molecule has 0 radical (unpaired) electrons. The van der Waals surface area contributed by atoms with Gasteiger partial charge in [0.05, 0.1) is 0 Å². The highest BCUT2D eigenvalue weighted by Crippen LogP contribution is 2.30. The number of alkyl halides is 3. The molecule has 0 spiro atoms. The van der Waals surface area contributed by atoms with Crippen LogP contribution in [0.2, 0.25) is 0 Å². The predicted molar refractivity (Wildman–Crippen MR) is 67.3 cm³/mol. The van der Waals surface area contributed by atoms with Crippen molar-refractivity contribution in [2.24, 2.45) is 0 Å². The van der Waals surface area contributed by atoms with Crippen LogP contribution in [0, 0.1) is 0 Å². The molecule has 2 N–H and O–H groups in total. The summed E-state index contributed by atoms with van der Waals surface area (Å²) in [5, 5.41) is 10.7. The van der Waals surface area contributed by atoms with E-state index in [1.165, 1.54) is 0 Å². The number of amides is 1. The van der Waals surface area contributed by atoms with Gasteiger partial charge >= 0.3 is 12.1 Å². The Bertz CT molecular complexity index is 343. The van der Waals surface area contributed by atoms with Gasteiger partial charge in [0.25, 0.3) is 0 Å². The summed E-state index contributed by atoms with van der Waals surface area (Å²) in [6, 6.07) is 0. The summed E-state index contributed by atoms with van der Waals surface area (Å²) in [4.78, 5) is 23.9. The van der Waals surface area contributed by atoms with Crippen molar-refractivity contribution in [2.45, 2.75) is 45.3 Å². The van der Waals surface area contributed by atoms with E-state index in [1.807, 2.05) is 19.2 Å². The number of aliphatic carboxylic acids is 1. The summed E-state index contributed by atoms with van der Waals surface area (Å²) >= 11 is 0. The van der Waals surface area contributed by atoms with Gasteiger partial charge in [0.2, 0.25) is 11.4 Å². The van der Waals surface area contributed by atoms with E-state index in [1.54, 1.807) is 4.90 Å². The lowest BCUT2D eigenvalue weighted by Gasteiger charge is -2.28. The first kappa shape index (κ1) is 18.7. The number of carboxylic acids is 1. The molecule has 1 atom stereocenters. The van der Waals surface area contributed by atoms with Crippen LogP contribution < -0.4 is 5.32 Å². The number of nitrogens with zero attached hydrogens (tertiary/aromatic N) is 1. The van der Waals surface area contributed by atoms with Gasteiger partial charge in [-0.05, 0) is 33.7 Å². The maximum atomic E-state index is 12.7. The van der Waals surface area contributed by atoms with E-state index < -0.39 is 17.7 Å². The molecule has 5 nitrogen and oxygen atoms in total. The molecule has 0 fully saturated rings. The van der Waals surface area contributed by atoms with Gasteiger partial charge in [-0.25, -0.2) is 4.79 Å². The number of hydrogen-bond donors (Lipinski definition) is 2. The Morgan fingerprint density at radius 2 is 1.70 bits per heavy atom. The molecule has 0 bridgehead atoms. The van der Waals surface area contributed by atoms with Crippen LogP contribution in [-0.2, 0) is 9.59 Å². The Morgan fingerprint density at radius 3 is 2.05 bits per heavy atom. The summed E-state index contributed by atoms with van der Waals surface area (Å²) in [5.74, 6) is -2.14. The summed E-state index contributed by atoms with van der Waals surface area (Å²) in [6.07, 6.45) is -4.67. The number of carbonyl (C=O) groups is 2. The topological polar surface area (TPSA) is 69.6 Å². The standard InChI is InChI=1S/C12H21F3N2O3/c1-4-17(5-2)9(18)7-6-8-16-11(3,10(19)20)12(13,14)15/h16H,4-8H2,1-3H3,(H,19,20). The van der Waals surface area contributed by atoms with Crippen molar-refractivity contribution >= 4 is 11.9 Å². The minimum Gasteiger partial charge on any atom is -0.480 e. The Labute approximate surface area is 116 Å². The number of rotatable bonds is 8. The molecule has 0 aromatic rings. The fourth-order valence-electron chi connectivity index (χ4n) is 1.61. The zero-order valence-electron chi connectivity index (χ0n) is 11.9. The van der Waals surface area contributed by atoms with Crippen LogP contribution >= 0.6 is 0 Å². The normalized spacial score (nSPS) is 14.7. The molecule has 0 aliphatic rings. The SMILES string of the molecule is CCN(CC)C(=O)CCCNC(C)(C(=O)O)C(F)(F)F. The van der Waals surface area contributed by atoms with Gasteiger partial charge in [0.1, 0.15) is 0 Å². The van der Waals surface area contributed by atoms with Gasteiger partial charge in [0.15, 0.2) is 0 Å². The van der Waals surface area contributed by atoms with Crippen LogP contribution in [0.1, 0.15) is 33.6 Å². The molecule has 8 heteroatoms. The molecule has 1 amide bonds. The van der Waals surface area contributed by atoms with E-state index in [9.17, 15) is 22.8 Å². The Morgan fingerprint density at radius 1 is 1.20 bits per heavy atom. The van der Waals surface area contributed by atoms with E-state index in [0.29, 0.717) is 20.0 Å². The number of carboxylic acid groups (broad SMARTS) is 1. The molecule has 0 heterocycles. The molecule has 0 aromatic carbocycles.